The zero-order chi connectivity index (χ0) is 8.53. The Bertz CT molecular complexity index is 123. The lowest BCUT2D eigenvalue weighted by atomic mass is 10.4. The first kappa shape index (κ1) is 10.6. The number of unbranched alkanes of at least 4 members (excludes halogenated alkanes) is 1. The predicted octanol–water partition coefficient (Wildman–Crippen LogP) is 4.51. The number of halogens is 5. The normalized spacial score (nSPS) is 19.8. The van der Waals surface area contributed by atoms with Gasteiger partial charge in [0.2, 0.25) is 8.27 Å². The molecule has 0 aromatic rings. The van der Waals surface area contributed by atoms with Gasteiger partial charge in [0.1, 0.15) is 0 Å². The SMILES string of the molecule is CCCCS(F)(F)(F)(F)Br. The summed E-state index contributed by atoms with van der Waals surface area (Å²) < 4.78 is 47.9. The second kappa shape index (κ2) is 2.03. The average molecular weight is 245 g/mol. The van der Waals surface area contributed by atoms with E-state index >= 15 is 0 Å². The molecule has 0 bridgehead atoms. The van der Waals surface area contributed by atoms with Gasteiger partial charge in [-0.3, -0.25) is 0 Å². The van der Waals surface area contributed by atoms with Crippen molar-refractivity contribution in [2.45, 2.75) is 19.8 Å². The highest BCUT2D eigenvalue weighted by Crippen LogP contribution is 3.01. The summed E-state index contributed by atoms with van der Waals surface area (Å²) in [5, 5.41) is 0. The number of hydrogen-bond acceptors (Lipinski definition) is 0. The maximum atomic E-state index is 12.0. The van der Waals surface area contributed by atoms with Gasteiger partial charge in [0.25, 0.3) is 0 Å². The summed E-state index contributed by atoms with van der Waals surface area (Å²) in [5.41, 5.74) is 0. The number of rotatable bonds is 3. The van der Waals surface area contributed by atoms with Crippen molar-refractivity contribution >= 4 is 23.1 Å². The highest BCUT2D eigenvalue weighted by molar-refractivity contribution is 9.63. The predicted molar refractivity (Wildman–Crippen MR) is 40.7 cm³/mol. The Balaban J connectivity index is 4.13. The Morgan fingerprint density at radius 3 is 1.70 bits per heavy atom. The van der Waals surface area contributed by atoms with E-state index in [9.17, 15) is 15.5 Å². The molecule has 0 heterocycles. The topological polar surface area (TPSA) is 0 Å². The molecule has 0 spiro atoms. The summed E-state index contributed by atoms with van der Waals surface area (Å²) in [6, 6.07) is 0. The molecule has 0 amide bonds. The lowest BCUT2D eigenvalue weighted by molar-refractivity contribution is 0.481. The van der Waals surface area contributed by atoms with Crippen LogP contribution in [0.15, 0.2) is 0 Å². The summed E-state index contributed by atoms with van der Waals surface area (Å²) in [6.45, 7) is 1.58. The lowest BCUT2D eigenvalue weighted by Crippen LogP contribution is -2.08. The van der Waals surface area contributed by atoms with Crippen LogP contribution >= 0.6 is 23.1 Å². The van der Waals surface area contributed by atoms with Gasteiger partial charge in [-0.25, -0.2) is 0 Å². The maximum Gasteiger partial charge on any atom is 0.211 e. The standard InChI is InChI=1S/C4H9BrF4S/c1-2-3-4-10(5,6,7,8)9/h2-4H2,1H3. The average Bonchev–Trinajstić information content (AvgIpc) is 1.55. The van der Waals surface area contributed by atoms with Crippen LogP contribution in [0.25, 0.3) is 0 Å². The molecule has 0 aromatic heterocycles. The molecule has 0 saturated heterocycles. The van der Waals surface area contributed by atoms with Gasteiger partial charge in [0.15, 0.2) is 0 Å². The molecule has 0 aliphatic carbocycles. The Labute approximate surface area is 64.6 Å². The molecule has 6 heteroatoms. The van der Waals surface area contributed by atoms with Crippen LogP contribution in [-0.2, 0) is 0 Å². The Kier molecular flexibility index (Phi) is 2.14. The maximum absolute atomic E-state index is 12.0. The van der Waals surface area contributed by atoms with Crippen molar-refractivity contribution in [1.29, 1.82) is 0 Å². The first-order valence-corrected chi connectivity index (χ1v) is 6.83. The van der Waals surface area contributed by atoms with Gasteiger partial charge in [0.05, 0.1) is 20.6 Å². The van der Waals surface area contributed by atoms with E-state index in [1.807, 2.05) is 0 Å². The Hall–Kier alpha value is 0.550. The highest BCUT2D eigenvalue weighted by Gasteiger charge is 2.58. The van der Waals surface area contributed by atoms with Crippen LogP contribution in [0.5, 0.6) is 0 Å². The van der Waals surface area contributed by atoms with E-state index in [1.165, 1.54) is 14.8 Å². The fourth-order valence-corrected chi connectivity index (χ4v) is 1.94. The van der Waals surface area contributed by atoms with Crippen molar-refractivity contribution in [3.63, 3.8) is 0 Å². The molecule has 66 valence electrons. The molecule has 10 heavy (non-hydrogen) atoms. The molecule has 0 aliphatic heterocycles. The van der Waals surface area contributed by atoms with Crippen molar-refractivity contribution in [3.05, 3.63) is 0 Å². The molecule has 0 aromatic carbocycles. The van der Waals surface area contributed by atoms with E-state index < -0.39 is 14.0 Å². The minimum absolute atomic E-state index is 0.160. The molecule has 0 aliphatic rings. The molecule has 0 unspecified atom stereocenters. The molecular formula is C4H9BrF4S. The van der Waals surface area contributed by atoms with E-state index in [0.29, 0.717) is 6.42 Å². The molecule has 0 radical (unpaired) electrons. The first-order chi connectivity index (χ1) is 4.04. The van der Waals surface area contributed by atoms with Crippen LogP contribution in [-0.4, -0.2) is 5.75 Å². The summed E-state index contributed by atoms with van der Waals surface area (Å²) in [5.74, 6) is -1.34. The van der Waals surface area contributed by atoms with E-state index in [-0.39, 0.29) is 6.42 Å². The number of hydrogen-bond donors (Lipinski definition) is 0. The fourth-order valence-electron chi connectivity index (χ4n) is 0.417. The van der Waals surface area contributed by atoms with Crippen molar-refractivity contribution in [1.82, 2.24) is 0 Å². The van der Waals surface area contributed by atoms with Gasteiger partial charge in [-0.05, 0) is 6.42 Å². The summed E-state index contributed by atoms with van der Waals surface area (Å²) in [4.78, 5) is 0. The van der Waals surface area contributed by atoms with E-state index in [4.69, 9.17) is 0 Å². The Morgan fingerprint density at radius 2 is 1.60 bits per heavy atom. The fraction of sp³-hybridized carbons (Fsp3) is 1.00. The molecule has 0 N–H and O–H groups in total. The Morgan fingerprint density at radius 1 is 1.20 bits per heavy atom. The van der Waals surface area contributed by atoms with Gasteiger partial charge < -0.3 is 0 Å². The molecular weight excluding hydrogens is 236 g/mol. The van der Waals surface area contributed by atoms with E-state index in [2.05, 4.69) is 0 Å². The van der Waals surface area contributed by atoms with Gasteiger partial charge >= 0.3 is 0 Å². The molecule has 0 fully saturated rings. The zero-order valence-corrected chi connectivity index (χ0v) is 7.82. The third-order valence-electron chi connectivity index (χ3n) is 0.884. The van der Waals surface area contributed by atoms with Crippen molar-refractivity contribution in [2.24, 2.45) is 0 Å². The van der Waals surface area contributed by atoms with Crippen molar-refractivity contribution in [3.8, 4) is 0 Å². The first-order valence-electron chi connectivity index (χ1n) is 2.77. The van der Waals surface area contributed by atoms with Gasteiger partial charge in [0, 0.05) is 0 Å². The van der Waals surface area contributed by atoms with Crippen LogP contribution < -0.4 is 0 Å². The lowest BCUT2D eigenvalue weighted by Gasteiger charge is -2.43. The van der Waals surface area contributed by atoms with Crippen LogP contribution in [0.2, 0.25) is 0 Å². The van der Waals surface area contributed by atoms with Crippen LogP contribution in [0, 0.1) is 0 Å². The van der Waals surface area contributed by atoms with Crippen LogP contribution in [0.4, 0.5) is 15.5 Å². The smallest absolute Gasteiger partial charge is 0.115 e. The minimum Gasteiger partial charge on any atom is -0.115 e. The second-order valence-corrected chi connectivity index (χ2v) is 9.16. The highest BCUT2D eigenvalue weighted by atomic mass is 79.9. The summed E-state index contributed by atoms with van der Waals surface area (Å²) >= 11 is 1.24. The summed E-state index contributed by atoms with van der Waals surface area (Å²) in [7, 11) is -7.74. The van der Waals surface area contributed by atoms with Crippen molar-refractivity contribution in [2.75, 3.05) is 5.75 Å². The molecule has 0 saturated carbocycles. The van der Waals surface area contributed by atoms with Gasteiger partial charge in [-0.15, -0.1) is 15.5 Å². The van der Waals surface area contributed by atoms with Crippen LogP contribution in [0.1, 0.15) is 19.8 Å². The zero-order valence-electron chi connectivity index (χ0n) is 5.42. The van der Waals surface area contributed by atoms with Gasteiger partial charge in [-0.1, -0.05) is 13.3 Å². The minimum atomic E-state index is -7.74. The van der Waals surface area contributed by atoms with Crippen LogP contribution in [0.3, 0.4) is 0 Å². The van der Waals surface area contributed by atoms with E-state index in [1.54, 1.807) is 6.92 Å². The quantitative estimate of drug-likeness (QED) is 0.641. The molecule has 0 atom stereocenters. The van der Waals surface area contributed by atoms with E-state index in [0.717, 1.165) is 0 Å². The monoisotopic (exact) mass is 244 g/mol. The second-order valence-electron chi connectivity index (χ2n) is 2.19. The largest absolute Gasteiger partial charge is 0.211 e. The molecule has 0 nitrogen and oxygen atoms in total. The van der Waals surface area contributed by atoms with Gasteiger partial charge in [-0.2, -0.15) is 0 Å². The molecule has 0 rings (SSSR count). The third-order valence-corrected chi connectivity index (χ3v) is 2.92. The van der Waals surface area contributed by atoms with Crippen molar-refractivity contribution < 1.29 is 15.5 Å². The summed E-state index contributed by atoms with van der Waals surface area (Å²) in [6.07, 6.45) is 0.181. The third kappa shape index (κ3) is 8.55.